The van der Waals surface area contributed by atoms with Crippen LogP contribution in [-0.2, 0) is 6.54 Å². The minimum absolute atomic E-state index is 0.696. The van der Waals surface area contributed by atoms with Crippen LogP contribution in [-0.4, -0.2) is 14.9 Å². The molecule has 0 amide bonds. The van der Waals surface area contributed by atoms with Gasteiger partial charge in [0, 0.05) is 11.7 Å². The fourth-order valence-electron chi connectivity index (χ4n) is 2.01. The number of nitrogens with zero attached hydrogens (tertiary/aromatic N) is 3. The molecular formula is C13H13N3O. The number of rotatable bonds is 2. The summed E-state index contributed by atoms with van der Waals surface area (Å²) in [5.41, 5.74) is 4.20. The predicted octanol–water partition coefficient (Wildman–Crippen LogP) is 2.69. The molecule has 0 atom stereocenters. The van der Waals surface area contributed by atoms with Gasteiger partial charge in [-0.1, -0.05) is 21.9 Å². The van der Waals surface area contributed by atoms with E-state index in [2.05, 4.69) is 52.3 Å². The first-order valence-electron chi connectivity index (χ1n) is 5.57. The van der Waals surface area contributed by atoms with Crippen molar-refractivity contribution in [3.8, 4) is 0 Å². The molecular weight excluding hydrogens is 214 g/mol. The summed E-state index contributed by atoms with van der Waals surface area (Å²) in [4.78, 5) is 0. The summed E-state index contributed by atoms with van der Waals surface area (Å²) in [7, 11) is 0. The maximum absolute atomic E-state index is 4.71. The van der Waals surface area contributed by atoms with E-state index in [9.17, 15) is 0 Å². The van der Waals surface area contributed by atoms with Crippen LogP contribution in [0, 0.1) is 13.8 Å². The number of hydrogen-bond acceptors (Lipinski definition) is 3. The normalized spacial score (nSPS) is 11.2. The van der Waals surface area contributed by atoms with E-state index in [-0.39, 0.29) is 0 Å². The lowest BCUT2D eigenvalue weighted by Gasteiger charge is -2.03. The van der Waals surface area contributed by atoms with Crippen LogP contribution in [0.2, 0.25) is 0 Å². The van der Waals surface area contributed by atoms with E-state index in [4.69, 9.17) is 4.63 Å². The first-order valence-corrected chi connectivity index (χ1v) is 5.57. The van der Waals surface area contributed by atoms with Crippen LogP contribution < -0.4 is 0 Å². The van der Waals surface area contributed by atoms with Gasteiger partial charge in [-0.3, -0.25) is 0 Å². The quantitative estimate of drug-likeness (QED) is 0.676. The highest BCUT2D eigenvalue weighted by molar-refractivity contribution is 5.80. The molecule has 0 unspecified atom stereocenters. The van der Waals surface area contributed by atoms with Crippen LogP contribution in [0.25, 0.3) is 10.9 Å². The molecule has 17 heavy (non-hydrogen) atoms. The molecule has 0 spiro atoms. The third-order valence-electron chi connectivity index (χ3n) is 2.99. The summed E-state index contributed by atoms with van der Waals surface area (Å²) < 4.78 is 6.87. The summed E-state index contributed by atoms with van der Waals surface area (Å²) in [5.74, 6) is 0. The summed E-state index contributed by atoms with van der Waals surface area (Å²) in [6, 6.07) is 8.55. The van der Waals surface area contributed by atoms with Crippen molar-refractivity contribution in [2.45, 2.75) is 20.4 Å². The lowest BCUT2D eigenvalue weighted by molar-refractivity contribution is 0.300. The van der Waals surface area contributed by atoms with Gasteiger partial charge in [0.05, 0.1) is 6.54 Å². The monoisotopic (exact) mass is 227 g/mol. The van der Waals surface area contributed by atoms with Gasteiger partial charge in [-0.15, -0.1) is 0 Å². The Kier molecular flexibility index (Phi) is 2.21. The second kappa shape index (κ2) is 3.73. The summed E-state index contributed by atoms with van der Waals surface area (Å²) in [6.07, 6.45) is 2.07. The molecule has 0 fully saturated rings. The summed E-state index contributed by atoms with van der Waals surface area (Å²) in [5, 5.41) is 8.95. The molecule has 0 aliphatic rings. The van der Waals surface area contributed by atoms with Crippen molar-refractivity contribution in [2.24, 2.45) is 0 Å². The van der Waals surface area contributed by atoms with E-state index in [0.717, 1.165) is 11.4 Å². The van der Waals surface area contributed by atoms with E-state index in [0.29, 0.717) is 6.54 Å². The van der Waals surface area contributed by atoms with Crippen LogP contribution in [0.5, 0.6) is 0 Å². The number of aromatic nitrogens is 3. The minimum Gasteiger partial charge on any atom is -0.341 e. The Hall–Kier alpha value is -2.10. The topological polar surface area (TPSA) is 43.9 Å². The molecule has 3 aromatic rings. The Morgan fingerprint density at radius 2 is 2.06 bits per heavy atom. The van der Waals surface area contributed by atoms with Crippen LogP contribution >= 0.6 is 0 Å². The Balaban J connectivity index is 2.04. The van der Waals surface area contributed by atoms with Gasteiger partial charge in [0.15, 0.2) is 0 Å². The highest BCUT2D eigenvalue weighted by atomic mass is 16.6. The van der Waals surface area contributed by atoms with Crippen molar-refractivity contribution in [3.63, 3.8) is 0 Å². The predicted molar refractivity (Wildman–Crippen MR) is 64.8 cm³/mol. The number of aryl methyl sites for hydroxylation is 2. The Morgan fingerprint density at radius 1 is 1.18 bits per heavy atom. The molecule has 86 valence electrons. The molecule has 0 aliphatic carbocycles. The lowest BCUT2D eigenvalue weighted by Crippen LogP contribution is -1.99. The van der Waals surface area contributed by atoms with Crippen LogP contribution in [0.1, 0.15) is 17.0 Å². The van der Waals surface area contributed by atoms with E-state index in [1.807, 2.05) is 6.92 Å². The van der Waals surface area contributed by atoms with Gasteiger partial charge >= 0.3 is 0 Å². The largest absolute Gasteiger partial charge is 0.341 e. The molecule has 4 heteroatoms. The second-order valence-corrected chi connectivity index (χ2v) is 4.30. The van der Waals surface area contributed by atoms with Gasteiger partial charge in [0.25, 0.3) is 0 Å². The van der Waals surface area contributed by atoms with Crippen molar-refractivity contribution in [1.82, 2.24) is 14.9 Å². The molecule has 4 nitrogen and oxygen atoms in total. The average Bonchev–Trinajstić information content (AvgIpc) is 2.87. The highest BCUT2D eigenvalue weighted by Gasteiger charge is 2.07. The molecule has 0 bridgehead atoms. The average molecular weight is 227 g/mol. The minimum atomic E-state index is 0.696. The molecule has 2 heterocycles. The SMILES string of the molecule is Cc1ccc2c(ccn2Cc2nonc2C)c1. The summed E-state index contributed by atoms with van der Waals surface area (Å²) >= 11 is 0. The van der Waals surface area contributed by atoms with E-state index in [1.54, 1.807) is 0 Å². The summed E-state index contributed by atoms with van der Waals surface area (Å²) in [6.45, 7) is 4.70. The number of hydrogen-bond donors (Lipinski definition) is 0. The fraction of sp³-hybridized carbons (Fsp3) is 0.231. The lowest BCUT2D eigenvalue weighted by atomic mass is 10.2. The molecule has 0 N–H and O–H groups in total. The highest BCUT2D eigenvalue weighted by Crippen LogP contribution is 2.18. The van der Waals surface area contributed by atoms with Crippen molar-refractivity contribution < 1.29 is 4.63 Å². The zero-order chi connectivity index (χ0) is 11.8. The zero-order valence-electron chi connectivity index (χ0n) is 9.84. The van der Waals surface area contributed by atoms with Crippen molar-refractivity contribution in [1.29, 1.82) is 0 Å². The van der Waals surface area contributed by atoms with Crippen molar-refractivity contribution in [3.05, 3.63) is 47.4 Å². The smallest absolute Gasteiger partial charge is 0.127 e. The molecule has 2 aromatic heterocycles. The first kappa shape index (κ1) is 10.1. The van der Waals surface area contributed by atoms with Gasteiger partial charge in [-0.2, -0.15) is 0 Å². The van der Waals surface area contributed by atoms with Gasteiger partial charge in [0.1, 0.15) is 11.4 Å². The maximum atomic E-state index is 4.71. The zero-order valence-corrected chi connectivity index (χ0v) is 9.84. The van der Waals surface area contributed by atoms with Crippen molar-refractivity contribution in [2.75, 3.05) is 0 Å². The van der Waals surface area contributed by atoms with Crippen LogP contribution in [0.3, 0.4) is 0 Å². The van der Waals surface area contributed by atoms with Gasteiger partial charge in [0.2, 0.25) is 0 Å². The maximum Gasteiger partial charge on any atom is 0.127 e. The second-order valence-electron chi connectivity index (χ2n) is 4.30. The molecule has 0 radical (unpaired) electrons. The number of fused-ring (bicyclic) bond motifs is 1. The molecule has 0 saturated heterocycles. The van der Waals surface area contributed by atoms with Crippen LogP contribution in [0.4, 0.5) is 0 Å². The Morgan fingerprint density at radius 3 is 2.82 bits per heavy atom. The van der Waals surface area contributed by atoms with Crippen LogP contribution in [0.15, 0.2) is 35.1 Å². The third-order valence-corrected chi connectivity index (χ3v) is 2.99. The van der Waals surface area contributed by atoms with Gasteiger partial charge < -0.3 is 4.57 Å². The first-order chi connectivity index (χ1) is 8.24. The van der Waals surface area contributed by atoms with Gasteiger partial charge in [-0.25, -0.2) is 4.63 Å². The Labute approximate surface area is 98.8 Å². The van der Waals surface area contributed by atoms with E-state index in [1.165, 1.54) is 16.5 Å². The van der Waals surface area contributed by atoms with E-state index < -0.39 is 0 Å². The standard InChI is InChI=1S/C13H13N3O/c1-9-3-4-13-11(7-9)5-6-16(13)8-12-10(2)14-17-15-12/h3-7H,8H2,1-2H3. The molecule has 3 rings (SSSR count). The van der Waals surface area contributed by atoms with E-state index >= 15 is 0 Å². The van der Waals surface area contributed by atoms with Gasteiger partial charge in [-0.05, 0) is 37.4 Å². The molecule has 0 saturated carbocycles. The third kappa shape index (κ3) is 1.71. The number of benzene rings is 1. The molecule has 0 aliphatic heterocycles. The fourth-order valence-corrected chi connectivity index (χ4v) is 2.01. The molecule has 1 aromatic carbocycles. The van der Waals surface area contributed by atoms with Crippen molar-refractivity contribution >= 4 is 10.9 Å². The Bertz CT molecular complexity index is 666.